The molecule has 2 unspecified atom stereocenters. The van der Waals surface area contributed by atoms with Crippen LogP contribution in [0.25, 0.3) is 0 Å². The third-order valence-electron chi connectivity index (χ3n) is 4.50. The zero-order valence-electron chi connectivity index (χ0n) is 12.3. The quantitative estimate of drug-likeness (QED) is 0.896. The third-order valence-corrected chi connectivity index (χ3v) is 4.50. The molecule has 1 aliphatic carbocycles. The molecule has 0 amide bonds. The highest BCUT2D eigenvalue weighted by Gasteiger charge is 2.26. The molecule has 1 N–H and O–H groups in total. The van der Waals surface area contributed by atoms with Gasteiger partial charge in [-0.2, -0.15) is 4.98 Å². The number of rotatable bonds is 5. The Labute approximate surface area is 120 Å². The van der Waals surface area contributed by atoms with Crippen molar-refractivity contribution >= 4 is 0 Å². The van der Waals surface area contributed by atoms with E-state index >= 15 is 0 Å². The molecule has 5 heteroatoms. The molecule has 5 nitrogen and oxygen atoms in total. The van der Waals surface area contributed by atoms with E-state index in [1.165, 1.54) is 19.3 Å². The summed E-state index contributed by atoms with van der Waals surface area (Å²) in [4.78, 5) is 4.54. The molecule has 1 saturated heterocycles. The van der Waals surface area contributed by atoms with Crippen molar-refractivity contribution in [2.75, 3.05) is 19.7 Å². The minimum Gasteiger partial charge on any atom is -0.378 e. The van der Waals surface area contributed by atoms with Gasteiger partial charge in [0.25, 0.3) is 0 Å². The minimum absolute atomic E-state index is 0.398. The van der Waals surface area contributed by atoms with Crippen molar-refractivity contribution in [2.45, 2.75) is 57.5 Å². The molecule has 3 rings (SSSR count). The first-order valence-electron chi connectivity index (χ1n) is 7.96. The maximum absolute atomic E-state index is 5.87. The largest absolute Gasteiger partial charge is 0.378 e. The highest BCUT2D eigenvalue weighted by Crippen LogP contribution is 2.36. The van der Waals surface area contributed by atoms with Crippen molar-refractivity contribution in [3.05, 3.63) is 11.7 Å². The van der Waals surface area contributed by atoms with Crippen LogP contribution in [-0.4, -0.2) is 35.9 Å². The second-order valence-corrected chi connectivity index (χ2v) is 6.23. The Hall–Kier alpha value is -0.940. The van der Waals surface area contributed by atoms with Gasteiger partial charge in [0, 0.05) is 5.92 Å². The maximum Gasteiger partial charge on any atom is 0.228 e. The molecular weight excluding hydrogens is 254 g/mol. The molecule has 1 saturated carbocycles. The lowest BCUT2D eigenvalue weighted by molar-refractivity contribution is 0.0322. The highest BCUT2D eigenvalue weighted by molar-refractivity contribution is 4.99. The molecule has 1 aliphatic heterocycles. The summed E-state index contributed by atoms with van der Waals surface area (Å²) in [5.41, 5.74) is 0. The number of aromatic nitrogens is 2. The Bertz CT molecular complexity index is 415. The van der Waals surface area contributed by atoms with E-state index in [1.54, 1.807) is 0 Å². The van der Waals surface area contributed by atoms with Crippen LogP contribution in [-0.2, 0) is 11.2 Å². The van der Waals surface area contributed by atoms with Crippen molar-refractivity contribution in [3.63, 3.8) is 0 Å². The van der Waals surface area contributed by atoms with E-state index in [4.69, 9.17) is 9.26 Å². The van der Waals surface area contributed by atoms with Gasteiger partial charge in [0.2, 0.25) is 5.89 Å². The molecule has 112 valence electrons. The summed E-state index contributed by atoms with van der Waals surface area (Å²) in [5.74, 6) is 2.94. The number of hydrogen-bond acceptors (Lipinski definition) is 5. The van der Waals surface area contributed by atoms with Gasteiger partial charge in [-0.25, -0.2) is 0 Å². The van der Waals surface area contributed by atoms with Gasteiger partial charge in [0.15, 0.2) is 5.82 Å². The van der Waals surface area contributed by atoms with Crippen LogP contribution < -0.4 is 5.32 Å². The summed E-state index contributed by atoms with van der Waals surface area (Å²) in [7, 11) is 0. The summed E-state index contributed by atoms with van der Waals surface area (Å²) in [6.45, 7) is 5.12. The molecule has 2 fully saturated rings. The van der Waals surface area contributed by atoms with Gasteiger partial charge in [-0.05, 0) is 51.1 Å². The molecule has 2 aliphatic rings. The first-order valence-corrected chi connectivity index (χ1v) is 7.96. The topological polar surface area (TPSA) is 60.2 Å². The van der Waals surface area contributed by atoms with Gasteiger partial charge in [0.05, 0.1) is 19.1 Å². The van der Waals surface area contributed by atoms with Gasteiger partial charge in [-0.3, -0.25) is 0 Å². The van der Waals surface area contributed by atoms with E-state index < -0.39 is 0 Å². The van der Waals surface area contributed by atoms with E-state index in [9.17, 15) is 0 Å². The number of hydrogen-bond donors (Lipinski definition) is 1. The zero-order valence-corrected chi connectivity index (χ0v) is 12.3. The lowest BCUT2D eigenvalue weighted by atomic mass is 10.1. The van der Waals surface area contributed by atoms with Crippen LogP contribution in [0.1, 0.15) is 56.7 Å². The monoisotopic (exact) mass is 279 g/mol. The molecule has 1 aromatic heterocycles. The van der Waals surface area contributed by atoms with E-state index in [2.05, 4.69) is 22.4 Å². The van der Waals surface area contributed by atoms with Crippen LogP contribution in [0.3, 0.4) is 0 Å². The van der Waals surface area contributed by atoms with Gasteiger partial charge in [-0.1, -0.05) is 12.1 Å². The standard InChI is InChI=1S/C15H25N3O2/c1-11-2-3-12(10-11)15-17-14(20-18-15)6-9-19-13-4-7-16-8-5-13/h11-13,16H,2-10H2,1H3. The summed E-state index contributed by atoms with van der Waals surface area (Å²) in [6, 6.07) is 0. The number of nitrogens with zero attached hydrogens (tertiary/aromatic N) is 2. The van der Waals surface area contributed by atoms with Crippen molar-refractivity contribution in [2.24, 2.45) is 5.92 Å². The van der Waals surface area contributed by atoms with Gasteiger partial charge < -0.3 is 14.6 Å². The first kappa shape index (κ1) is 14.0. The van der Waals surface area contributed by atoms with Gasteiger partial charge >= 0.3 is 0 Å². The molecule has 0 aromatic carbocycles. The fourth-order valence-corrected chi connectivity index (χ4v) is 3.25. The Balaban J connectivity index is 1.43. The molecule has 0 spiro atoms. The molecule has 2 atom stereocenters. The summed E-state index contributed by atoms with van der Waals surface area (Å²) < 4.78 is 11.2. The van der Waals surface area contributed by atoms with Crippen molar-refractivity contribution < 1.29 is 9.26 Å². The van der Waals surface area contributed by atoms with E-state index in [0.29, 0.717) is 18.6 Å². The predicted octanol–water partition coefficient (Wildman–Crippen LogP) is 2.28. The molecule has 1 aromatic rings. The smallest absolute Gasteiger partial charge is 0.228 e. The lowest BCUT2D eigenvalue weighted by Gasteiger charge is -2.22. The number of ether oxygens (including phenoxy) is 1. The summed E-state index contributed by atoms with van der Waals surface area (Å²) in [6.07, 6.45) is 7.03. The normalized spacial score (nSPS) is 28.1. The van der Waals surface area contributed by atoms with Crippen molar-refractivity contribution in [1.29, 1.82) is 0 Å². The van der Waals surface area contributed by atoms with Crippen molar-refractivity contribution in [1.82, 2.24) is 15.5 Å². The number of nitrogens with one attached hydrogen (secondary N) is 1. The van der Waals surface area contributed by atoms with Crippen LogP contribution in [0.5, 0.6) is 0 Å². The fraction of sp³-hybridized carbons (Fsp3) is 0.867. The Morgan fingerprint density at radius 3 is 2.85 bits per heavy atom. The minimum atomic E-state index is 0.398. The average Bonchev–Trinajstić information content (AvgIpc) is 3.09. The average molecular weight is 279 g/mol. The first-order chi connectivity index (χ1) is 9.81. The van der Waals surface area contributed by atoms with E-state index in [0.717, 1.165) is 50.0 Å². The lowest BCUT2D eigenvalue weighted by Crippen LogP contribution is -2.32. The maximum atomic E-state index is 5.87. The highest BCUT2D eigenvalue weighted by atomic mass is 16.5. The van der Waals surface area contributed by atoms with E-state index in [1.807, 2.05) is 0 Å². The Morgan fingerprint density at radius 2 is 2.10 bits per heavy atom. The van der Waals surface area contributed by atoms with Crippen LogP contribution in [0.2, 0.25) is 0 Å². The third kappa shape index (κ3) is 3.58. The molecular formula is C15H25N3O2. The SMILES string of the molecule is CC1CCC(c2noc(CCOC3CCNCC3)n2)C1. The summed E-state index contributed by atoms with van der Waals surface area (Å²) in [5, 5.41) is 7.49. The zero-order chi connectivity index (χ0) is 13.8. The van der Waals surface area contributed by atoms with Crippen LogP contribution in [0, 0.1) is 5.92 Å². The van der Waals surface area contributed by atoms with Crippen LogP contribution >= 0.6 is 0 Å². The second kappa shape index (κ2) is 6.68. The van der Waals surface area contributed by atoms with E-state index in [-0.39, 0.29) is 0 Å². The molecule has 20 heavy (non-hydrogen) atoms. The van der Waals surface area contributed by atoms with Gasteiger partial charge in [-0.15, -0.1) is 0 Å². The van der Waals surface area contributed by atoms with Gasteiger partial charge in [0.1, 0.15) is 0 Å². The second-order valence-electron chi connectivity index (χ2n) is 6.23. The predicted molar refractivity (Wildman–Crippen MR) is 75.6 cm³/mol. The summed E-state index contributed by atoms with van der Waals surface area (Å²) >= 11 is 0. The van der Waals surface area contributed by atoms with Crippen molar-refractivity contribution in [3.8, 4) is 0 Å². The number of piperidine rings is 1. The fourth-order valence-electron chi connectivity index (χ4n) is 3.25. The Morgan fingerprint density at radius 1 is 1.25 bits per heavy atom. The molecule has 2 heterocycles. The van der Waals surface area contributed by atoms with Crippen LogP contribution in [0.15, 0.2) is 4.52 Å². The molecule has 0 radical (unpaired) electrons. The molecule has 0 bridgehead atoms. The Kier molecular flexibility index (Phi) is 4.68. The van der Waals surface area contributed by atoms with Crippen LogP contribution in [0.4, 0.5) is 0 Å².